The molecule has 0 spiro atoms. The second kappa shape index (κ2) is 7.77. The number of hydrogen-bond acceptors (Lipinski definition) is 5. The lowest BCUT2D eigenvalue weighted by molar-refractivity contribution is -0.0573. The van der Waals surface area contributed by atoms with Crippen molar-refractivity contribution in [2.24, 2.45) is 0 Å². The fraction of sp³-hybridized carbons (Fsp3) is 0.364. The number of aromatic nitrogens is 3. The summed E-state index contributed by atoms with van der Waals surface area (Å²) < 4.78 is 33.6. The molecule has 0 saturated carbocycles. The van der Waals surface area contributed by atoms with Crippen molar-refractivity contribution in [1.29, 1.82) is 0 Å². The minimum Gasteiger partial charge on any atom is -0.378 e. The van der Waals surface area contributed by atoms with Crippen molar-refractivity contribution in [1.82, 2.24) is 19.7 Å². The molecular formula is C22H23F2N5O. The van der Waals surface area contributed by atoms with Crippen LogP contribution in [-0.2, 0) is 4.74 Å². The molecule has 6 nitrogen and oxygen atoms in total. The summed E-state index contributed by atoms with van der Waals surface area (Å²) in [7, 11) is 0. The summed E-state index contributed by atoms with van der Waals surface area (Å²) >= 11 is 0. The van der Waals surface area contributed by atoms with Crippen molar-refractivity contribution in [2.75, 3.05) is 31.6 Å². The second-order valence-corrected chi connectivity index (χ2v) is 8.07. The largest absolute Gasteiger partial charge is 0.378 e. The Balaban J connectivity index is 1.32. The molecule has 156 valence electrons. The van der Waals surface area contributed by atoms with Crippen LogP contribution in [0.1, 0.15) is 23.5 Å². The number of nitrogens with zero attached hydrogens (tertiary/aromatic N) is 4. The van der Waals surface area contributed by atoms with E-state index < -0.39 is 11.6 Å². The quantitative estimate of drug-likeness (QED) is 0.693. The first kappa shape index (κ1) is 19.1. The van der Waals surface area contributed by atoms with E-state index in [1.165, 1.54) is 28.7 Å². The molecule has 3 aromatic rings. The van der Waals surface area contributed by atoms with Crippen LogP contribution in [0.3, 0.4) is 0 Å². The molecule has 30 heavy (non-hydrogen) atoms. The van der Waals surface area contributed by atoms with Crippen LogP contribution < -0.4 is 5.32 Å². The molecule has 0 bridgehead atoms. The van der Waals surface area contributed by atoms with Gasteiger partial charge in [-0.25, -0.2) is 13.5 Å². The molecule has 2 aliphatic heterocycles. The van der Waals surface area contributed by atoms with E-state index >= 15 is 0 Å². The highest BCUT2D eigenvalue weighted by Crippen LogP contribution is 2.32. The van der Waals surface area contributed by atoms with Crippen LogP contribution in [0.5, 0.6) is 0 Å². The summed E-state index contributed by atoms with van der Waals surface area (Å²) in [6.07, 6.45) is 2.57. The minimum atomic E-state index is -0.655. The lowest BCUT2D eigenvalue weighted by atomic mass is 9.96. The van der Waals surface area contributed by atoms with Crippen molar-refractivity contribution in [2.45, 2.75) is 25.3 Å². The first-order chi connectivity index (χ1) is 14.5. The van der Waals surface area contributed by atoms with Gasteiger partial charge in [0.05, 0.1) is 24.9 Å². The van der Waals surface area contributed by atoms with Gasteiger partial charge in [-0.2, -0.15) is 4.98 Å². The SMILES string of the molecule is Cc1cc(Nc2ncn(-c3cc(F)cc(F)c3)n2)cc(C2CCN(C3COC3)C2)c1. The van der Waals surface area contributed by atoms with Gasteiger partial charge in [0, 0.05) is 18.3 Å². The summed E-state index contributed by atoms with van der Waals surface area (Å²) in [5.74, 6) is -0.447. The highest BCUT2D eigenvalue weighted by Gasteiger charge is 2.33. The Morgan fingerprint density at radius 3 is 2.60 bits per heavy atom. The highest BCUT2D eigenvalue weighted by molar-refractivity contribution is 5.56. The third-order valence-electron chi connectivity index (χ3n) is 5.79. The van der Waals surface area contributed by atoms with Gasteiger partial charge in [-0.05, 0) is 61.2 Å². The maximum Gasteiger partial charge on any atom is 0.246 e. The summed E-state index contributed by atoms with van der Waals surface area (Å²) in [4.78, 5) is 6.75. The third kappa shape index (κ3) is 3.93. The van der Waals surface area contributed by atoms with Crippen molar-refractivity contribution < 1.29 is 13.5 Å². The lowest BCUT2D eigenvalue weighted by Crippen LogP contribution is -2.47. The van der Waals surface area contributed by atoms with Crippen molar-refractivity contribution in [3.63, 3.8) is 0 Å². The fourth-order valence-electron chi connectivity index (χ4n) is 4.19. The molecule has 8 heteroatoms. The molecule has 1 atom stereocenters. The van der Waals surface area contributed by atoms with E-state index in [-0.39, 0.29) is 5.69 Å². The standard InChI is InChI=1S/C22H23F2N5O/c1-14-4-16(15-2-3-28(10-15)21-11-30-12-21)6-19(5-14)26-22-25-13-29(27-22)20-8-17(23)7-18(24)9-20/h4-9,13,15,21H,2-3,10-12H2,1H3,(H,26,27). The van der Waals surface area contributed by atoms with Crippen LogP contribution in [-0.4, -0.2) is 52.0 Å². The maximum atomic E-state index is 13.5. The Morgan fingerprint density at radius 2 is 1.87 bits per heavy atom. The third-order valence-corrected chi connectivity index (χ3v) is 5.79. The van der Waals surface area contributed by atoms with Gasteiger partial charge in [0.2, 0.25) is 5.95 Å². The molecule has 0 amide bonds. The van der Waals surface area contributed by atoms with E-state index in [2.05, 4.69) is 39.4 Å². The molecule has 5 rings (SSSR count). The van der Waals surface area contributed by atoms with E-state index in [1.807, 2.05) is 6.07 Å². The zero-order valence-electron chi connectivity index (χ0n) is 16.7. The van der Waals surface area contributed by atoms with Gasteiger partial charge in [-0.1, -0.05) is 6.07 Å². The summed E-state index contributed by atoms with van der Waals surface area (Å²) in [5.41, 5.74) is 3.64. The van der Waals surface area contributed by atoms with E-state index in [0.29, 0.717) is 17.9 Å². The number of rotatable bonds is 5. The van der Waals surface area contributed by atoms with Crippen LogP contribution in [0.2, 0.25) is 0 Å². The number of anilines is 2. The second-order valence-electron chi connectivity index (χ2n) is 8.07. The van der Waals surface area contributed by atoms with Gasteiger partial charge in [-0.15, -0.1) is 5.10 Å². The Labute approximate surface area is 173 Å². The van der Waals surface area contributed by atoms with E-state index in [4.69, 9.17) is 4.74 Å². The molecule has 2 fully saturated rings. The monoisotopic (exact) mass is 411 g/mol. The van der Waals surface area contributed by atoms with Gasteiger partial charge in [0.1, 0.15) is 18.0 Å². The van der Waals surface area contributed by atoms with Crippen LogP contribution in [0, 0.1) is 18.6 Å². The topological polar surface area (TPSA) is 55.2 Å². The molecule has 0 radical (unpaired) electrons. The Kier molecular flexibility index (Phi) is 4.96. The fourth-order valence-corrected chi connectivity index (χ4v) is 4.19. The first-order valence-corrected chi connectivity index (χ1v) is 10.1. The molecule has 2 aliphatic rings. The van der Waals surface area contributed by atoms with Crippen molar-refractivity contribution >= 4 is 11.6 Å². The molecule has 2 aromatic carbocycles. The zero-order valence-corrected chi connectivity index (χ0v) is 16.7. The average Bonchev–Trinajstić information content (AvgIpc) is 3.29. The van der Waals surface area contributed by atoms with Crippen LogP contribution in [0.4, 0.5) is 20.4 Å². The van der Waals surface area contributed by atoms with Crippen molar-refractivity contribution in [3.8, 4) is 5.69 Å². The van der Waals surface area contributed by atoms with E-state index in [9.17, 15) is 8.78 Å². The Morgan fingerprint density at radius 1 is 1.07 bits per heavy atom. The molecule has 1 unspecified atom stereocenters. The van der Waals surface area contributed by atoms with Crippen LogP contribution in [0.15, 0.2) is 42.7 Å². The maximum absolute atomic E-state index is 13.5. The zero-order chi connectivity index (χ0) is 20.7. The number of aryl methyl sites for hydroxylation is 1. The van der Waals surface area contributed by atoms with Gasteiger partial charge >= 0.3 is 0 Å². The van der Waals surface area contributed by atoms with E-state index in [1.54, 1.807) is 0 Å². The molecule has 0 aliphatic carbocycles. The molecule has 2 saturated heterocycles. The number of nitrogens with one attached hydrogen (secondary N) is 1. The average molecular weight is 411 g/mol. The number of likely N-dealkylation sites (tertiary alicyclic amines) is 1. The predicted molar refractivity (Wildman–Crippen MR) is 109 cm³/mol. The lowest BCUT2D eigenvalue weighted by Gasteiger charge is -2.34. The first-order valence-electron chi connectivity index (χ1n) is 10.1. The van der Waals surface area contributed by atoms with Crippen molar-refractivity contribution in [3.05, 3.63) is 65.5 Å². The number of benzene rings is 2. The predicted octanol–water partition coefficient (Wildman–Crippen LogP) is 3.79. The van der Waals surface area contributed by atoms with Gasteiger partial charge in [-0.3, -0.25) is 4.90 Å². The van der Waals surface area contributed by atoms with Crippen LogP contribution >= 0.6 is 0 Å². The highest BCUT2D eigenvalue weighted by atomic mass is 19.1. The molecular weight excluding hydrogens is 388 g/mol. The Hall–Kier alpha value is -2.84. The molecule has 1 aromatic heterocycles. The van der Waals surface area contributed by atoms with E-state index in [0.717, 1.165) is 50.0 Å². The molecule has 1 N–H and O–H groups in total. The van der Waals surface area contributed by atoms with Gasteiger partial charge in [0.15, 0.2) is 0 Å². The van der Waals surface area contributed by atoms with Gasteiger partial charge in [0.25, 0.3) is 0 Å². The Bertz CT molecular complexity index is 1050. The number of halogens is 2. The molecule has 3 heterocycles. The summed E-state index contributed by atoms with van der Waals surface area (Å²) in [6.45, 7) is 5.91. The minimum absolute atomic E-state index is 0.281. The normalized spacial score (nSPS) is 19.8. The summed E-state index contributed by atoms with van der Waals surface area (Å²) in [6, 6.07) is 10.2. The van der Waals surface area contributed by atoms with Gasteiger partial charge < -0.3 is 10.1 Å². The van der Waals surface area contributed by atoms with Crippen LogP contribution in [0.25, 0.3) is 5.69 Å². The number of hydrogen-bond donors (Lipinski definition) is 1. The smallest absolute Gasteiger partial charge is 0.246 e. The number of ether oxygens (including phenoxy) is 1. The summed E-state index contributed by atoms with van der Waals surface area (Å²) in [5, 5.41) is 7.53.